The Morgan fingerprint density at radius 3 is 2.59 bits per heavy atom. The average Bonchev–Trinajstić information content (AvgIpc) is 2.48. The number of aliphatic imine (C=N–C) groups is 1. The van der Waals surface area contributed by atoms with Crippen molar-refractivity contribution in [2.24, 2.45) is 10.4 Å². The van der Waals surface area contributed by atoms with E-state index in [9.17, 15) is 0 Å². The Hall–Kier alpha value is -1.71. The zero-order valence-electron chi connectivity index (χ0n) is 14.3. The monoisotopic (exact) mass is 303 g/mol. The first-order chi connectivity index (χ1) is 10.6. The minimum Gasteiger partial charge on any atom is -0.497 e. The van der Waals surface area contributed by atoms with Crippen LogP contribution in [-0.4, -0.2) is 26.7 Å². The number of ether oxygens (including phenoxy) is 1. The van der Waals surface area contributed by atoms with Crippen molar-refractivity contribution >= 4 is 5.96 Å². The molecule has 1 aliphatic carbocycles. The zero-order valence-corrected chi connectivity index (χ0v) is 14.3. The van der Waals surface area contributed by atoms with Crippen LogP contribution in [0.4, 0.5) is 0 Å². The van der Waals surface area contributed by atoms with Crippen LogP contribution in [0, 0.1) is 12.3 Å². The first-order valence-electron chi connectivity index (χ1n) is 8.20. The maximum absolute atomic E-state index is 5.32. The van der Waals surface area contributed by atoms with Gasteiger partial charge in [-0.25, -0.2) is 0 Å². The molecule has 4 nitrogen and oxygen atoms in total. The van der Waals surface area contributed by atoms with Crippen LogP contribution in [0.25, 0.3) is 0 Å². The third-order valence-electron chi connectivity index (χ3n) is 4.82. The molecular formula is C18H29N3O. The molecule has 0 saturated heterocycles. The molecule has 4 heteroatoms. The zero-order chi connectivity index (χ0) is 16.0. The summed E-state index contributed by atoms with van der Waals surface area (Å²) >= 11 is 0. The van der Waals surface area contributed by atoms with E-state index in [0.29, 0.717) is 5.41 Å². The standard InChI is InChI=1S/C18H29N3O/c1-5-18(7-6-8-18)13-21-17(19-3)20-12-15-9-14(2)10-16(11-15)22-4/h9-11H,5-8,12-13H2,1-4H3,(H2,19,20,21). The number of benzene rings is 1. The number of aryl methyl sites for hydroxylation is 1. The number of hydrogen-bond acceptors (Lipinski definition) is 2. The average molecular weight is 303 g/mol. The summed E-state index contributed by atoms with van der Waals surface area (Å²) in [6.45, 7) is 6.13. The summed E-state index contributed by atoms with van der Waals surface area (Å²) in [5.41, 5.74) is 2.90. The highest BCUT2D eigenvalue weighted by atomic mass is 16.5. The molecule has 2 rings (SSSR count). The Morgan fingerprint density at radius 2 is 2.05 bits per heavy atom. The van der Waals surface area contributed by atoms with Crippen molar-refractivity contribution in [2.45, 2.75) is 46.1 Å². The minimum absolute atomic E-state index is 0.490. The number of guanidine groups is 1. The molecule has 2 N–H and O–H groups in total. The third kappa shape index (κ3) is 4.15. The van der Waals surface area contributed by atoms with E-state index < -0.39 is 0 Å². The van der Waals surface area contributed by atoms with Crippen LogP contribution in [0.3, 0.4) is 0 Å². The molecular weight excluding hydrogens is 274 g/mol. The van der Waals surface area contributed by atoms with Crippen molar-refractivity contribution in [1.29, 1.82) is 0 Å². The molecule has 0 bridgehead atoms. The molecule has 1 aromatic rings. The van der Waals surface area contributed by atoms with Gasteiger partial charge in [0.05, 0.1) is 7.11 Å². The minimum atomic E-state index is 0.490. The molecule has 0 unspecified atom stereocenters. The molecule has 22 heavy (non-hydrogen) atoms. The van der Waals surface area contributed by atoms with Gasteiger partial charge in [-0.1, -0.05) is 19.4 Å². The van der Waals surface area contributed by atoms with Gasteiger partial charge in [0.1, 0.15) is 5.75 Å². The van der Waals surface area contributed by atoms with Crippen molar-refractivity contribution in [3.63, 3.8) is 0 Å². The molecule has 1 aliphatic rings. The molecule has 1 aromatic carbocycles. The molecule has 1 saturated carbocycles. The van der Waals surface area contributed by atoms with Gasteiger partial charge in [0, 0.05) is 20.1 Å². The lowest BCUT2D eigenvalue weighted by atomic mass is 9.67. The van der Waals surface area contributed by atoms with Crippen LogP contribution in [0.1, 0.15) is 43.7 Å². The summed E-state index contributed by atoms with van der Waals surface area (Å²) in [4.78, 5) is 4.33. The summed E-state index contributed by atoms with van der Waals surface area (Å²) in [7, 11) is 3.53. The molecule has 0 radical (unpaired) electrons. The van der Waals surface area contributed by atoms with E-state index in [1.54, 1.807) is 7.11 Å². The summed E-state index contributed by atoms with van der Waals surface area (Å²) in [5, 5.41) is 6.88. The van der Waals surface area contributed by atoms with Gasteiger partial charge in [0.25, 0.3) is 0 Å². The summed E-state index contributed by atoms with van der Waals surface area (Å²) in [5.74, 6) is 1.78. The first kappa shape index (κ1) is 16.7. The lowest BCUT2D eigenvalue weighted by Gasteiger charge is -2.41. The maximum atomic E-state index is 5.32. The predicted octanol–water partition coefficient (Wildman–Crippen LogP) is 3.25. The molecule has 0 amide bonds. The quantitative estimate of drug-likeness (QED) is 0.626. The fourth-order valence-electron chi connectivity index (χ4n) is 3.05. The van der Waals surface area contributed by atoms with Gasteiger partial charge in [-0.15, -0.1) is 0 Å². The Kier molecular flexibility index (Phi) is 5.69. The largest absolute Gasteiger partial charge is 0.497 e. The maximum Gasteiger partial charge on any atom is 0.191 e. The van der Waals surface area contributed by atoms with Gasteiger partial charge in [-0.05, 0) is 54.9 Å². The van der Waals surface area contributed by atoms with Crippen molar-refractivity contribution in [3.8, 4) is 5.75 Å². The van der Waals surface area contributed by atoms with Crippen LogP contribution in [0.2, 0.25) is 0 Å². The van der Waals surface area contributed by atoms with Gasteiger partial charge in [0.15, 0.2) is 5.96 Å². The van der Waals surface area contributed by atoms with E-state index >= 15 is 0 Å². The predicted molar refractivity (Wildman–Crippen MR) is 92.5 cm³/mol. The molecule has 122 valence electrons. The highest BCUT2D eigenvalue weighted by Gasteiger charge is 2.34. The summed E-state index contributed by atoms with van der Waals surface area (Å²) in [6.07, 6.45) is 5.28. The molecule has 0 heterocycles. The SMILES string of the molecule is CCC1(CNC(=NC)NCc2cc(C)cc(OC)c2)CCC1. The highest BCUT2D eigenvalue weighted by Crippen LogP contribution is 2.42. The van der Waals surface area contributed by atoms with E-state index in [1.807, 2.05) is 13.1 Å². The first-order valence-corrected chi connectivity index (χ1v) is 8.20. The number of nitrogens with zero attached hydrogens (tertiary/aromatic N) is 1. The van der Waals surface area contributed by atoms with E-state index in [2.05, 4.69) is 41.6 Å². The van der Waals surface area contributed by atoms with Crippen molar-refractivity contribution in [1.82, 2.24) is 10.6 Å². The molecule has 0 atom stereocenters. The number of nitrogens with one attached hydrogen (secondary N) is 2. The second-order valence-electron chi connectivity index (χ2n) is 6.34. The van der Waals surface area contributed by atoms with E-state index in [4.69, 9.17) is 4.74 Å². The van der Waals surface area contributed by atoms with Gasteiger partial charge in [-0.2, -0.15) is 0 Å². The van der Waals surface area contributed by atoms with E-state index in [0.717, 1.165) is 24.8 Å². The Morgan fingerprint density at radius 1 is 1.27 bits per heavy atom. The van der Waals surface area contributed by atoms with Crippen LogP contribution in [0.15, 0.2) is 23.2 Å². The van der Waals surface area contributed by atoms with Gasteiger partial charge >= 0.3 is 0 Å². The summed E-state index contributed by atoms with van der Waals surface area (Å²) < 4.78 is 5.32. The second kappa shape index (κ2) is 7.52. The number of methoxy groups -OCH3 is 1. The van der Waals surface area contributed by atoms with Crippen LogP contribution in [0.5, 0.6) is 5.75 Å². The lowest BCUT2D eigenvalue weighted by Crippen LogP contribution is -2.46. The van der Waals surface area contributed by atoms with Gasteiger partial charge < -0.3 is 15.4 Å². The fourth-order valence-corrected chi connectivity index (χ4v) is 3.05. The van der Waals surface area contributed by atoms with Crippen LogP contribution >= 0.6 is 0 Å². The normalized spacial score (nSPS) is 16.8. The molecule has 0 spiro atoms. The third-order valence-corrected chi connectivity index (χ3v) is 4.82. The molecule has 1 fully saturated rings. The molecule has 0 aliphatic heterocycles. The summed E-state index contributed by atoms with van der Waals surface area (Å²) in [6, 6.07) is 6.27. The van der Waals surface area contributed by atoms with Crippen LogP contribution < -0.4 is 15.4 Å². The molecule has 0 aromatic heterocycles. The Bertz CT molecular complexity index is 516. The van der Waals surface area contributed by atoms with Crippen molar-refractivity contribution in [2.75, 3.05) is 20.7 Å². The number of hydrogen-bond donors (Lipinski definition) is 2. The second-order valence-corrected chi connectivity index (χ2v) is 6.34. The van der Waals surface area contributed by atoms with Crippen molar-refractivity contribution < 1.29 is 4.74 Å². The van der Waals surface area contributed by atoms with E-state index in [-0.39, 0.29) is 0 Å². The van der Waals surface area contributed by atoms with Crippen molar-refractivity contribution in [3.05, 3.63) is 29.3 Å². The highest BCUT2D eigenvalue weighted by molar-refractivity contribution is 5.79. The van der Waals surface area contributed by atoms with Gasteiger partial charge in [-0.3, -0.25) is 4.99 Å². The lowest BCUT2D eigenvalue weighted by molar-refractivity contribution is 0.131. The fraction of sp³-hybridized carbons (Fsp3) is 0.611. The smallest absolute Gasteiger partial charge is 0.191 e. The topological polar surface area (TPSA) is 45.7 Å². The van der Waals surface area contributed by atoms with E-state index in [1.165, 1.54) is 36.8 Å². The number of rotatable bonds is 6. The Labute approximate surface area is 134 Å². The van der Waals surface area contributed by atoms with Gasteiger partial charge in [0.2, 0.25) is 0 Å². The van der Waals surface area contributed by atoms with Crippen LogP contribution in [-0.2, 0) is 6.54 Å². The Balaban J connectivity index is 1.87.